The number of likely N-dealkylation sites (tertiary alicyclic amines) is 1. The molecule has 3 aliphatic rings. The molecule has 0 spiro atoms. The summed E-state index contributed by atoms with van der Waals surface area (Å²) in [5.41, 5.74) is -0.101. The molecule has 9 heteroatoms. The van der Waals surface area contributed by atoms with Crippen LogP contribution in [-0.4, -0.2) is 95.7 Å². The van der Waals surface area contributed by atoms with Gasteiger partial charge in [0.25, 0.3) is 5.91 Å². The number of imide groups is 1. The Morgan fingerprint density at radius 3 is 1.75 bits per heavy atom. The quantitative estimate of drug-likeness (QED) is 0.617. The van der Waals surface area contributed by atoms with Crippen molar-refractivity contribution in [2.75, 3.05) is 52.4 Å². The summed E-state index contributed by atoms with van der Waals surface area (Å²) >= 11 is 0. The zero-order valence-electron chi connectivity index (χ0n) is 20.3. The van der Waals surface area contributed by atoms with Crippen molar-refractivity contribution in [3.63, 3.8) is 0 Å². The number of piperazine rings is 1. The van der Waals surface area contributed by atoms with Gasteiger partial charge in [-0.2, -0.15) is 0 Å². The molecule has 188 valence electrons. The van der Waals surface area contributed by atoms with E-state index in [2.05, 4.69) is 10.2 Å². The minimum atomic E-state index is -1.38. The van der Waals surface area contributed by atoms with Gasteiger partial charge in [0.2, 0.25) is 11.8 Å². The van der Waals surface area contributed by atoms with Gasteiger partial charge in [0.15, 0.2) is 5.54 Å². The minimum Gasteiger partial charge on any atom is -0.342 e. The van der Waals surface area contributed by atoms with Gasteiger partial charge in [0.05, 0.1) is 6.54 Å². The first-order valence-electron chi connectivity index (χ1n) is 12.5. The summed E-state index contributed by atoms with van der Waals surface area (Å²) in [5.74, 6) is -0.598. The summed E-state index contributed by atoms with van der Waals surface area (Å²) in [5, 5.41) is 2.88. The molecule has 5 amide bonds. The first-order chi connectivity index (χ1) is 17.5. The van der Waals surface area contributed by atoms with E-state index < -0.39 is 17.5 Å². The Bertz CT molecular complexity index is 1090. The summed E-state index contributed by atoms with van der Waals surface area (Å²) in [6.45, 7) is 3.79. The molecule has 3 saturated heterocycles. The Morgan fingerprint density at radius 2 is 1.19 bits per heavy atom. The summed E-state index contributed by atoms with van der Waals surface area (Å²) in [4.78, 5) is 59.0. The van der Waals surface area contributed by atoms with Crippen molar-refractivity contribution in [3.05, 3.63) is 71.8 Å². The number of carbonyl (C=O) groups is 4. The average Bonchev–Trinajstić information content (AvgIpc) is 3.54. The molecule has 2 aromatic rings. The van der Waals surface area contributed by atoms with Crippen LogP contribution in [0.3, 0.4) is 0 Å². The molecule has 5 rings (SSSR count). The second kappa shape index (κ2) is 10.1. The lowest BCUT2D eigenvalue weighted by atomic mass is 9.82. The zero-order valence-corrected chi connectivity index (χ0v) is 20.3. The standard InChI is InChI=1S/C27H31N5O4/c33-23(30-13-7-8-14-30)19-29-15-17-31(18-16-29)24(34)20-32-25(35)27(28-26(32)36,21-9-3-1-4-10-21)22-11-5-2-6-12-22/h1-6,9-12H,7-8,13-20H2,(H,28,36). The third-order valence-electron chi connectivity index (χ3n) is 7.36. The number of amides is 5. The van der Waals surface area contributed by atoms with Crippen LogP contribution in [0.15, 0.2) is 60.7 Å². The van der Waals surface area contributed by atoms with Crippen molar-refractivity contribution in [2.24, 2.45) is 0 Å². The molecule has 9 nitrogen and oxygen atoms in total. The second-order valence-corrected chi connectivity index (χ2v) is 9.55. The fraction of sp³-hybridized carbons (Fsp3) is 0.407. The minimum absolute atomic E-state index is 0.143. The summed E-state index contributed by atoms with van der Waals surface area (Å²) < 4.78 is 0. The van der Waals surface area contributed by atoms with Crippen molar-refractivity contribution in [1.82, 2.24) is 24.9 Å². The Hall–Kier alpha value is -3.72. The molecular formula is C27H31N5O4. The molecule has 3 fully saturated rings. The third-order valence-corrected chi connectivity index (χ3v) is 7.36. The van der Waals surface area contributed by atoms with Crippen LogP contribution in [0.1, 0.15) is 24.0 Å². The van der Waals surface area contributed by atoms with Gasteiger partial charge in [-0.25, -0.2) is 4.79 Å². The highest BCUT2D eigenvalue weighted by Crippen LogP contribution is 2.36. The van der Waals surface area contributed by atoms with Crippen LogP contribution in [-0.2, 0) is 19.9 Å². The van der Waals surface area contributed by atoms with Gasteiger partial charge >= 0.3 is 6.03 Å². The first-order valence-corrected chi connectivity index (χ1v) is 12.5. The summed E-state index contributed by atoms with van der Waals surface area (Å²) in [6.07, 6.45) is 2.12. The van der Waals surface area contributed by atoms with Crippen LogP contribution in [0.5, 0.6) is 0 Å². The number of nitrogens with one attached hydrogen (secondary N) is 1. The van der Waals surface area contributed by atoms with E-state index in [1.54, 1.807) is 29.2 Å². The zero-order chi connectivity index (χ0) is 25.1. The van der Waals surface area contributed by atoms with Crippen LogP contribution < -0.4 is 5.32 Å². The van der Waals surface area contributed by atoms with Gasteiger partial charge in [0.1, 0.15) is 6.54 Å². The number of hydrogen-bond donors (Lipinski definition) is 1. The van der Waals surface area contributed by atoms with Gasteiger partial charge < -0.3 is 15.1 Å². The van der Waals surface area contributed by atoms with Crippen LogP contribution in [0.25, 0.3) is 0 Å². The molecule has 0 atom stereocenters. The smallest absolute Gasteiger partial charge is 0.326 e. The number of benzene rings is 2. The third kappa shape index (κ3) is 4.46. The molecule has 0 bridgehead atoms. The Kier molecular flexibility index (Phi) is 6.73. The predicted octanol–water partition coefficient (Wildman–Crippen LogP) is 1.25. The van der Waals surface area contributed by atoms with Crippen molar-refractivity contribution >= 4 is 23.8 Å². The molecule has 0 unspecified atom stereocenters. The molecule has 0 radical (unpaired) electrons. The Balaban J connectivity index is 1.25. The maximum Gasteiger partial charge on any atom is 0.326 e. The molecule has 2 aromatic carbocycles. The number of urea groups is 1. The van der Waals surface area contributed by atoms with Crippen molar-refractivity contribution < 1.29 is 19.2 Å². The normalized spacial score (nSPS) is 20.1. The second-order valence-electron chi connectivity index (χ2n) is 9.55. The van der Waals surface area contributed by atoms with Gasteiger partial charge in [0, 0.05) is 39.3 Å². The lowest BCUT2D eigenvalue weighted by Crippen LogP contribution is -2.53. The topological polar surface area (TPSA) is 93.3 Å². The largest absolute Gasteiger partial charge is 0.342 e. The number of nitrogens with zero attached hydrogens (tertiary/aromatic N) is 4. The van der Waals surface area contributed by atoms with Crippen molar-refractivity contribution in [3.8, 4) is 0 Å². The number of carbonyl (C=O) groups excluding carboxylic acids is 4. The molecule has 0 aliphatic carbocycles. The highest BCUT2D eigenvalue weighted by atomic mass is 16.2. The van der Waals surface area contributed by atoms with E-state index in [9.17, 15) is 19.2 Å². The summed E-state index contributed by atoms with van der Waals surface area (Å²) in [7, 11) is 0. The first kappa shape index (κ1) is 24.0. The maximum atomic E-state index is 13.8. The highest BCUT2D eigenvalue weighted by molar-refractivity contribution is 6.11. The molecular weight excluding hydrogens is 458 g/mol. The molecule has 3 aliphatic heterocycles. The van der Waals surface area contributed by atoms with E-state index >= 15 is 0 Å². The van der Waals surface area contributed by atoms with E-state index in [-0.39, 0.29) is 18.4 Å². The van der Waals surface area contributed by atoms with Crippen molar-refractivity contribution in [1.29, 1.82) is 0 Å². The molecule has 1 N–H and O–H groups in total. The molecule has 3 heterocycles. The number of hydrogen-bond acceptors (Lipinski definition) is 5. The van der Waals surface area contributed by atoms with Gasteiger partial charge in [-0.05, 0) is 24.0 Å². The fourth-order valence-corrected chi connectivity index (χ4v) is 5.30. The van der Waals surface area contributed by atoms with E-state index in [0.717, 1.165) is 30.8 Å². The van der Waals surface area contributed by atoms with Gasteiger partial charge in [-0.3, -0.25) is 24.2 Å². The van der Waals surface area contributed by atoms with E-state index in [1.807, 2.05) is 41.3 Å². The van der Waals surface area contributed by atoms with E-state index in [0.29, 0.717) is 43.9 Å². The molecule has 0 aromatic heterocycles. The van der Waals surface area contributed by atoms with Crippen LogP contribution in [0.4, 0.5) is 4.79 Å². The number of rotatable bonds is 6. The summed E-state index contributed by atoms with van der Waals surface area (Å²) in [6, 6.07) is 17.6. The molecule has 36 heavy (non-hydrogen) atoms. The van der Waals surface area contributed by atoms with E-state index in [1.165, 1.54) is 0 Å². The van der Waals surface area contributed by atoms with Crippen LogP contribution >= 0.6 is 0 Å². The van der Waals surface area contributed by atoms with Crippen LogP contribution in [0, 0.1) is 0 Å². The lowest BCUT2D eigenvalue weighted by molar-refractivity contribution is -0.140. The maximum absolute atomic E-state index is 13.8. The molecule has 0 saturated carbocycles. The fourth-order valence-electron chi connectivity index (χ4n) is 5.30. The average molecular weight is 490 g/mol. The highest BCUT2D eigenvalue weighted by Gasteiger charge is 2.54. The van der Waals surface area contributed by atoms with E-state index in [4.69, 9.17) is 0 Å². The van der Waals surface area contributed by atoms with Crippen LogP contribution in [0.2, 0.25) is 0 Å². The predicted molar refractivity (Wildman–Crippen MR) is 133 cm³/mol. The lowest BCUT2D eigenvalue weighted by Gasteiger charge is -2.35. The van der Waals surface area contributed by atoms with Gasteiger partial charge in [-0.1, -0.05) is 60.7 Å². The Morgan fingerprint density at radius 1 is 0.694 bits per heavy atom. The SMILES string of the molecule is O=C(CN1CCN(C(=O)CN2C(=O)NC(c3ccccc3)(c3ccccc3)C2=O)CC1)N1CCCC1. The van der Waals surface area contributed by atoms with Gasteiger partial charge in [-0.15, -0.1) is 0 Å². The Labute approximate surface area is 210 Å². The van der Waals surface area contributed by atoms with Crippen molar-refractivity contribution in [2.45, 2.75) is 18.4 Å². The monoisotopic (exact) mass is 489 g/mol.